The summed E-state index contributed by atoms with van der Waals surface area (Å²) < 4.78 is 0. The molecule has 0 aliphatic heterocycles. The van der Waals surface area contributed by atoms with Gasteiger partial charge in [0.1, 0.15) is 0 Å². The van der Waals surface area contributed by atoms with Crippen molar-refractivity contribution in [3.8, 4) is 0 Å². The molecule has 2 aromatic rings. The lowest BCUT2D eigenvalue weighted by molar-refractivity contribution is 1.18. The third-order valence-electron chi connectivity index (χ3n) is 2.16. The number of H-pyrrole nitrogens is 1. The Morgan fingerprint density at radius 2 is 1.93 bits per heavy atom. The highest BCUT2D eigenvalue weighted by Crippen LogP contribution is 2.12. The third kappa shape index (κ3) is 2.24. The molecule has 0 unspecified atom stereocenters. The first-order valence-corrected chi connectivity index (χ1v) is 5.14. The van der Waals surface area contributed by atoms with Crippen molar-refractivity contribution in [1.82, 2.24) is 9.97 Å². The van der Waals surface area contributed by atoms with E-state index in [0.29, 0.717) is 0 Å². The second kappa shape index (κ2) is 4.73. The maximum Gasteiger partial charge on any atom is 0.251 e. The minimum absolute atomic E-state index is 0.0295. The molecule has 0 aliphatic carbocycles. The Kier molecular flexibility index (Phi) is 3.61. The van der Waals surface area contributed by atoms with Gasteiger partial charge in [-0.25, -0.2) is 0 Å². The van der Waals surface area contributed by atoms with Crippen LogP contribution in [0.5, 0.6) is 0 Å². The van der Waals surface area contributed by atoms with Crippen LogP contribution >= 0.6 is 0 Å². The van der Waals surface area contributed by atoms with Crippen molar-refractivity contribution < 1.29 is 0 Å². The Labute approximate surface area is 89.2 Å². The quantitative estimate of drug-likeness (QED) is 0.716. The van der Waals surface area contributed by atoms with Crippen LogP contribution in [0.15, 0.2) is 23.1 Å². The Balaban J connectivity index is 0.000000531. The second-order valence-corrected chi connectivity index (χ2v) is 3.14. The first kappa shape index (κ1) is 11.4. The van der Waals surface area contributed by atoms with Crippen LogP contribution in [-0.4, -0.2) is 9.97 Å². The third-order valence-corrected chi connectivity index (χ3v) is 2.16. The standard InChI is InChI=1S/C10H10N2O.C2H6/c1-6-5-8-7(2)11-4-3-9(8)12-10(6)13;1-2/h3-5H,1-2H3,(H,12,13);1-2H3. The molecule has 0 fully saturated rings. The van der Waals surface area contributed by atoms with Crippen molar-refractivity contribution in [3.05, 3.63) is 39.9 Å². The molecule has 0 saturated heterocycles. The fourth-order valence-electron chi connectivity index (χ4n) is 1.37. The Morgan fingerprint density at radius 1 is 1.27 bits per heavy atom. The molecule has 0 aliphatic rings. The lowest BCUT2D eigenvalue weighted by Crippen LogP contribution is -2.08. The van der Waals surface area contributed by atoms with Crippen molar-refractivity contribution in [2.45, 2.75) is 27.7 Å². The Hall–Kier alpha value is -1.64. The van der Waals surface area contributed by atoms with Crippen LogP contribution in [0, 0.1) is 13.8 Å². The summed E-state index contributed by atoms with van der Waals surface area (Å²) in [5, 5.41) is 1.01. The summed E-state index contributed by atoms with van der Waals surface area (Å²) in [7, 11) is 0. The number of aromatic nitrogens is 2. The summed E-state index contributed by atoms with van der Waals surface area (Å²) in [5.74, 6) is 0. The number of aromatic amines is 1. The monoisotopic (exact) mass is 204 g/mol. The molecule has 1 N–H and O–H groups in total. The van der Waals surface area contributed by atoms with E-state index in [1.54, 1.807) is 13.1 Å². The molecule has 0 bridgehead atoms. The van der Waals surface area contributed by atoms with Crippen LogP contribution in [0.25, 0.3) is 10.9 Å². The van der Waals surface area contributed by atoms with Gasteiger partial charge in [0.25, 0.3) is 5.56 Å². The van der Waals surface area contributed by atoms with Crippen LogP contribution in [0.4, 0.5) is 0 Å². The first-order chi connectivity index (χ1) is 7.18. The Morgan fingerprint density at radius 3 is 2.60 bits per heavy atom. The van der Waals surface area contributed by atoms with Crippen molar-refractivity contribution in [2.75, 3.05) is 0 Å². The summed E-state index contributed by atoms with van der Waals surface area (Å²) in [5.41, 5.74) is 2.49. The van der Waals surface area contributed by atoms with Crippen LogP contribution in [-0.2, 0) is 0 Å². The molecule has 2 aromatic heterocycles. The highest BCUT2D eigenvalue weighted by molar-refractivity contribution is 5.80. The molecule has 0 atom stereocenters. The molecule has 2 heterocycles. The summed E-state index contributed by atoms with van der Waals surface area (Å²) in [6.07, 6.45) is 1.70. The maximum atomic E-state index is 11.3. The van der Waals surface area contributed by atoms with Gasteiger partial charge in [-0.3, -0.25) is 9.78 Å². The zero-order valence-corrected chi connectivity index (χ0v) is 9.59. The van der Waals surface area contributed by atoms with Gasteiger partial charge >= 0.3 is 0 Å². The molecular formula is C12H16N2O. The fraction of sp³-hybridized carbons (Fsp3) is 0.333. The zero-order chi connectivity index (χ0) is 11.4. The molecule has 0 spiro atoms. The molecule has 0 radical (unpaired) electrons. The van der Waals surface area contributed by atoms with Gasteiger partial charge in [-0.1, -0.05) is 13.8 Å². The second-order valence-electron chi connectivity index (χ2n) is 3.14. The van der Waals surface area contributed by atoms with Crippen molar-refractivity contribution >= 4 is 10.9 Å². The van der Waals surface area contributed by atoms with Gasteiger partial charge in [0.15, 0.2) is 0 Å². The minimum atomic E-state index is -0.0295. The molecule has 15 heavy (non-hydrogen) atoms. The van der Waals surface area contributed by atoms with Crippen LogP contribution in [0.3, 0.4) is 0 Å². The Bertz CT molecular complexity index is 515. The average molecular weight is 204 g/mol. The van der Waals surface area contributed by atoms with E-state index in [1.807, 2.05) is 32.9 Å². The van der Waals surface area contributed by atoms with Crippen LogP contribution in [0.1, 0.15) is 25.1 Å². The van der Waals surface area contributed by atoms with E-state index in [2.05, 4.69) is 9.97 Å². The number of aryl methyl sites for hydroxylation is 2. The van der Waals surface area contributed by atoms with E-state index >= 15 is 0 Å². The summed E-state index contributed by atoms with van der Waals surface area (Å²) in [6.45, 7) is 7.73. The highest BCUT2D eigenvalue weighted by atomic mass is 16.1. The smallest absolute Gasteiger partial charge is 0.251 e. The summed E-state index contributed by atoms with van der Waals surface area (Å²) >= 11 is 0. The highest BCUT2D eigenvalue weighted by Gasteiger charge is 2.00. The van der Waals surface area contributed by atoms with Crippen LogP contribution in [0.2, 0.25) is 0 Å². The molecule has 2 rings (SSSR count). The lowest BCUT2D eigenvalue weighted by Gasteiger charge is -2.00. The van der Waals surface area contributed by atoms with Crippen molar-refractivity contribution in [3.63, 3.8) is 0 Å². The fourth-order valence-corrected chi connectivity index (χ4v) is 1.37. The van der Waals surface area contributed by atoms with E-state index in [4.69, 9.17) is 0 Å². The largest absolute Gasteiger partial charge is 0.322 e. The molecule has 3 heteroatoms. The number of pyridine rings is 2. The van der Waals surface area contributed by atoms with Crippen molar-refractivity contribution in [1.29, 1.82) is 0 Å². The maximum absolute atomic E-state index is 11.3. The topological polar surface area (TPSA) is 45.8 Å². The lowest BCUT2D eigenvalue weighted by atomic mass is 10.1. The minimum Gasteiger partial charge on any atom is -0.322 e. The van der Waals surface area contributed by atoms with Gasteiger partial charge in [-0.05, 0) is 26.0 Å². The number of hydrogen-bond acceptors (Lipinski definition) is 2. The number of nitrogens with one attached hydrogen (secondary N) is 1. The molecule has 0 aromatic carbocycles. The molecule has 3 nitrogen and oxygen atoms in total. The van der Waals surface area contributed by atoms with Gasteiger partial charge < -0.3 is 4.98 Å². The summed E-state index contributed by atoms with van der Waals surface area (Å²) in [6, 6.07) is 3.68. The van der Waals surface area contributed by atoms with Gasteiger partial charge in [0.05, 0.1) is 5.52 Å². The number of hydrogen-bond donors (Lipinski definition) is 1. The van der Waals surface area contributed by atoms with Gasteiger partial charge in [-0.2, -0.15) is 0 Å². The zero-order valence-electron chi connectivity index (χ0n) is 9.59. The van der Waals surface area contributed by atoms with E-state index in [-0.39, 0.29) is 5.56 Å². The first-order valence-electron chi connectivity index (χ1n) is 5.14. The molecule has 0 amide bonds. The molecule has 0 saturated carbocycles. The predicted molar refractivity (Wildman–Crippen MR) is 63.2 cm³/mol. The normalized spacial score (nSPS) is 9.60. The van der Waals surface area contributed by atoms with Crippen molar-refractivity contribution in [2.24, 2.45) is 0 Å². The van der Waals surface area contributed by atoms with Crippen LogP contribution < -0.4 is 5.56 Å². The van der Waals surface area contributed by atoms with E-state index < -0.39 is 0 Å². The predicted octanol–water partition coefficient (Wildman–Crippen LogP) is 2.57. The summed E-state index contributed by atoms with van der Waals surface area (Å²) in [4.78, 5) is 18.2. The van der Waals surface area contributed by atoms with E-state index in [0.717, 1.165) is 22.2 Å². The van der Waals surface area contributed by atoms with E-state index in [9.17, 15) is 4.79 Å². The van der Waals surface area contributed by atoms with E-state index in [1.165, 1.54) is 0 Å². The molecule has 80 valence electrons. The molecular weight excluding hydrogens is 188 g/mol. The number of fused-ring (bicyclic) bond motifs is 1. The number of rotatable bonds is 0. The van der Waals surface area contributed by atoms with Gasteiger partial charge in [-0.15, -0.1) is 0 Å². The number of nitrogens with zero attached hydrogens (tertiary/aromatic N) is 1. The van der Waals surface area contributed by atoms with Gasteiger partial charge in [0.2, 0.25) is 0 Å². The average Bonchev–Trinajstić information content (AvgIpc) is 2.24. The SMILES string of the molecule is CC.Cc1cc2c(C)nccc2[nH]c1=O. The van der Waals surface area contributed by atoms with Gasteiger partial charge in [0, 0.05) is 22.8 Å².